The normalized spacial score (nSPS) is 42.1. The molecule has 5 nitrogen and oxygen atoms in total. The molecule has 0 amide bonds. The fourth-order valence-corrected chi connectivity index (χ4v) is 6.36. The SMILES string of the molecule is COC(=O)[C@]1(C)CCC[C@@]2(C)[C@H]1CC[C@H](C=O)[C@@H]2CCC1(C)OCCO1. The van der Waals surface area contributed by atoms with Gasteiger partial charge < -0.3 is 19.0 Å². The van der Waals surface area contributed by atoms with E-state index in [-0.39, 0.29) is 29.1 Å². The third kappa shape index (κ3) is 3.22. The van der Waals surface area contributed by atoms with Crippen LogP contribution in [0.5, 0.6) is 0 Å². The Labute approximate surface area is 157 Å². The Morgan fingerprint density at radius 1 is 1.15 bits per heavy atom. The summed E-state index contributed by atoms with van der Waals surface area (Å²) in [7, 11) is 1.49. The molecule has 3 aliphatic rings. The van der Waals surface area contributed by atoms with Gasteiger partial charge in [-0.25, -0.2) is 0 Å². The molecule has 0 spiro atoms. The molecule has 3 rings (SSSR count). The summed E-state index contributed by atoms with van der Waals surface area (Å²) in [4.78, 5) is 24.5. The molecule has 26 heavy (non-hydrogen) atoms. The summed E-state index contributed by atoms with van der Waals surface area (Å²) in [6.45, 7) is 7.65. The lowest BCUT2D eigenvalue weighted by Crippen LogP contribution is -2.55. The second kappa shape index (κ2) is 7.23. The number of carbonyl (C=O) groups excluding carboxylic acids is 2. The summed E-state index contributed by atoms with van der Waals surface area (Å²) >= 11 is 0. The van der Waals surface area contributed by atoms with E-state index in [9.17, 15) is 9.59 Å². The van der Waals surface area contributed by atoms with Crippen molar-refractivity contribution in [1.82, 2.24) is 0 Å². The van der Waals surface area contributed by atoms with Crippen LogP contribution in [-0.2, 0) is 23.8 Å². The number of hydrogen-bond donors (Lipinski definition) is 0. The van der Waals surface area contributed by atoms with Gasteiger partial charge in [-0.2, -0.15) is 0 Å². The molecule has 5 heteroatoms. The Morgan fingerprint density at radius 3 is 2.46 bits per heavy atom. The van der Waals surface area contributed by atoms with E-state index in [2.05, 4.69) is 13.8 Å². The van der Waals surface area contributed by atoms with Gasteiger partial charge in [0.2, 0.25) is 0 Å². The maximum Gasteiger partial charge on any atom is 0.311 e. The highest BCUT2D eigenvalue weighted by atomic mass is 16.7. The van der Waals surface area contributed by atoms with E-state index < -0.39 is 11.2 Å². The smallest absolute Gasteiger partial charge is 0.311 e. The zero-order valence-corrected chi connectivity index (χ0v) is 16.7. The molecule has 1 heterocycles. The van der Waals surface area contributed by atoms with Crippen LogP contribution in [0.2, 0.25) is 0 Å². The maximum absolute atomic E-state index is 12.6. The second-order valence-corrected chi connectivity index (χ2v) is 9.17. The summed E-state index contributed by atoms with van der Waals surface area (Å²) in [5, 5.41) is 0. The van der Waals surface area contributed by atoms with Crippen LogP contribution in [0.1, 0.15) is 65.7 Å². The van der Waals surface area contributed by atoms with E-state index >= 15 is 0 Å². The minimum Gasteiger partial charge on any atom is -0.469 e. The van der Waals surface area contributed by atoms with Gasteiger partial charge in [0.1, 0.15) is 6.29 Å². The first-order chi connectivity index (χ1) is 12.3. The van der Waals surface area contributed by atoms with Crippen LogP contribution in [0.25, 0.3) is 0 Å². The van der Waals surface area contributed by atoms with Crippen LogP contribution in [0.3, 0.4) is 0 Å². The Kier molecular flexibility index (Phi) is 5.51. The summed E-state index contributed by atoms with van der Waals surface area (Å²) in [5.41, 5.74) is -0.474. The highest BCUT2D eigenvalue weighted by Gasteiger charge is 2.59. The quantitative estimate of drug-likeness (QED) is 0.548. The van der Waals surface area contributed by atoms with Gasteiger partial charge >= 0.3 is 5.97 Å². The van der Waals surface area contributed by atoms with E-state index in [1.165, 1.54) is 7.11 Å². The highest BCUT2D eigenvalue weighted by Crippen LogP contribution is 2.62. The second-order valence-electron chi connectivity index (χ2n) is 9.17. The molecular weight excluding hydrogens is 332 g/mol. The standard InChI is InChI=1S/C21H34O5/c1-19-9-5-10-20(2,18(23)24-4)17(19)7-6-15(14-22)16(19)8-11-21(3)25-12-13-26-21/h14-17H,5-13H2,1-4H3/t15-,16+,17-,19-,20-/m1/s1. The molecular formula is C21H34O5. The lowest BCUT2D eigenvalue weighted by molar-refractivity contribution is -0.179. The van der Waals surface area contributed by atoms with E-state index in [4.69, 9.17) is 14.2 Å². The number of fused-ring (bicyclic) bond motifs is 1. The molecule has 0 bridgehead atoms. The summed E-state index contributed by atoms with van der Waals surface area (Å²) in [6.07, 6.45) is 7.56. The molecule has 3 fully saturated rings. The van der Waals surface area contributed by atoms with Crippen molar-refractivity contribution in [3.05, 3.63) is 0 Å². The zero-order chi connectivity index (χ0) is 19.0. The Hall–Kier alpha value is -0.940. The average Bonchev–Trinajstić information content (AvgIpc) is 3.05. The first kappa shape index (κ1) is 19.8. The molecule has 0 unspecified atom stereocenters. The van der Waals surface area contributed by atoms with Crippen molar-refractivity contribution in [2.24, 2.45) is 28.6 Å². The molecule has 0 aromatic carbocycles. The van der Waals surface area contributed by atoms with Gasteiger partial charge in [0.25, 0.3) is 0 Å². The molecule has 0 N–H and O–H groups in total. The van der Waals surface area contributed by atoms with Crippen molar-refractivity contribution < 1.29 is 23.8 Å². The fraction of sp³-hybridized carbons (Fsp3) is 0.905. The number of carbonyl (C=O) groups is 2. The average molecular weight is 366 g/mol. The van der Waals surface area contributed by atoms with Crippen molar-refractivity contribution in [2.75, 3.05) is 20.3 Å². The molecule has 1 aliphatic heterocycles. The van der Waals surface area contributed by atoms with E-state index in [1.807, 2.05) is 6.92 Å². The van der Waals surface area contributed by atoms with Gasteiger partial charge in [-0.3, -0.25) is 4.79 Å². The highest BCUT2D eigenvalue weighted by molar-refractivity contribution is 5.77. The first-order valence-electron chi connectivity index (χ1n) is 10.1. The van der Waals surface area contributed by atoms with E-state index in [0.29, 0.717) is 13.2 Å². The number of aldehydes is 1. The van der Waals surface area contributed by atoms with Crippen LogP contribution in [0.4, 0.5) is 0 Å². The molecule has 148 valence electrons. The minimum absolute atomic E-state index is 0.0278. The molecule has 5 atom stereocenters. The molecule has 0 aromatic rings. The molecule has 1 saturated heterocycles. The number of ether oxygens (including phenoxy) is 3. The third-order valence-corrected chi connectivity index (χ3v) is 7.76. The van der Waals surface area contributed by atoms with E-state index in [1.54, 1.807) is 0 Å². The third-order valence-electron chi connectivity index (χ3n) is 7.76. The van der Waals surface area contributed by atoms with Crippen LogP contribution in [-0.4, -0.2) is 38.4 Å². The van der Waals surface area contributed by atoms with E-state index in [0.717, 1.165) is 51.2 Å². The van der Waals surface area contributed by atoms with Crippen LogP contribution < -0.4 is 0 Å². The number of hydrogen-bond acceptors (Lipinski definition) is 5. The predicted octanol–water partition coefficient (Wildman–Crippen LogP) is 3.74. The van der Waals surface area contributed by atoms with Crippen molar-refractivity contribution in [1.29, 1.82) is 0 Å². The lowest BCUT2D eigenvalue weighted by Gasteiger charge is -2.58. The monoisotopic (exact) mass is 366 g/mol. The number of rotatable bonds is 5. The number of esters is 1. The summed E-state index contributed by atoms with van der Waals surface area (Å²) in [5.74, 6) is -0.0486. The van der Waals surface area contributed by atoms with Crippen molar-refractivity contribution in [3.63, 3.8) is 0 Å². The summed E-state index contributed by atoms with van der Waals surface area (Å²) < 4.78 is 16.7. The predicted molar refractivity (Wildman–Crippen MR) is 97.4 cm³/mol. The Bertz CT molecular complexity index is 541. The van der Waals surface area contributed by atoms with Gasteiger partial charge in [0, 0.05) is 12.3 Å². The Morgan fingerprint density at radius 2 is 1.85 bits per heavy atom. The van der Waals surface area contributed by atoms with Crippen LogP contribution in [0, 0.1) is 28.6 Å². The fourth-order valence-electron chi connectivity index (χ4n) is 6.36. The van der Waals surface area contributed by atoms with Gasteiger partial charge in [-0.1, -0.05) is 13.3 Å². The largest absolute Gasteiger partial charge is 0.469 e. The van der Waals surface area contributed by atoms with Gasteiger partial charge in [0.15, 0.2) is 5.79 Å². The molecule has 0 aromatic heterocycles. The lowest BCUT2D eigenvalue weighted by atomic mass is 9.45. The molecule has 0 radical (unpaired) electrons. The minimum atomic E-state index is -0.531. The number of methoxy groups -OCH3 is 1. The topological polar surface area (TPSA) is 61.8 Å². The van der Waals surface area contributed by atoms with Crippen LogP contribution in [0.15, 0.2) is 0 Å². The van der Waals surface area contributed by atoms with Gasteiger partial charge in [-0.05, 0) is 63.2 Å². The van der Waals surface area contributed by atoms with Crippen molar-refractivity contribution in [2.45, 2.75) is 71.5 Å². The first-order valence-corrected chi connectivity index (χ1v) is 10.1. The van der Waals surface area contributed by atoms with Crippen molar-refractivity contribution >= 4 is 12.3 Å². The maximum atomic E-state index is 12.6. The Balaban J connectivity index is 1.85. The van der Waals surface area contributed by atoms with Crippen molar-refractivity contribution in [3.8, 4) is 0 Å². The van der Waals surface area contributed by atoms with Gasteiger partial charge in [-0.15, -0.1) is 0 Å². The summed E-state index contributed by atoms with van der Waals surface area (Å²) in [6, 6.07) is 0. The van der Waals surface area contributed by atoms with Crippen LogP contribution >= 0.6 is 0 Å². The van der Waals surface area contributed by atoms with Gasteiger partial charge in [0.05, 0.1) is 25.7 Å². The zero-order valence-electron chi connectivity index (χ0n) is 16.7. The molecule has 2 aliphatic carbocycles. The molecule has 2 saturated carbocycles.